The van der Waals surface area contributed by atoms with Gasteiger partial charge < -0.3 is 10.2 Å². The lowest BCUT2D eigenvalue weighted by molar-refractivity contribution is -0.140. The van der Waals surface area contributed by atoms with Crippen molar-refractivity contribution >= 4 is 43.5 Å². The van der Waals surface area contributed by atoms with Gasteiger partial charge in [-0.3, -0.25) is 13.9 Å². The average Bonchev–Trinajstić information content (AvgIpc) is 3.02. The number of benzene rings is 4. The van der Waals surface area contributed by atoms with E-state index in [0.717, 1.165) is 44.4 Å². The van der Waals surface area contributed by atoms with E-state index in [1.165, 1.54) is 35.2 Å². The van der Waals surface area contributed by atoms with Crippen molar-refractivity contribution in [3.8, 4) is 0 Å². The number of carbonyl (C=O) groups excluding carboxylic acids is 2. The second-order valence-electron chi connectivity index (χ2n) is 10.8. The van der Waals surface area contributed by atoms with Crippen LogP contribution in [0.2, 0.25) is 0 Å². The fourth-order valence-electron chi connectivity index (χ4n) is 4.90. The minimum Gasteiger partial charge on any atom is -0.354 e. The number of carbonyl (C=O) groups is 2. The molecule has 0 aliphatic carbocycles. The van der Waals surface area contributed by atoms with Crippen molar-refractivity contribution in [2.24, 2.45) is 0 Å². The van der Waals surface area contributed by atoms with Gasteiger partial charge in [-0.2, -0.15) is 0 Å². The number of nitrogens with zero attached hydrogens (tertiary/aromatic N) is 2. The molecule has 236 valence electrons. The number of hydrogen-bond acceptors (Lipinski definition) is 4. The summed E-state index contributed by atoms with van der Waals surface area (Å²) in [6, 6.07) is 27.3. The number of halogens is 2. The Kier molecular flexibility index (Phi) is 11.9. The van der Waals surface area contributed by atoms with Crippen molar-refractivity contribution in [1.82, 2.24) is 10.2 Å². The smallest absolute Gasteiger partial charge is 0.264 e. The van der Waals surface area contributed by atoms with E-state index >= 15 is 4.39 Å². The van der Waals surface area contributed by atoms with Crippen LogP contribution in [0.1, 0.15) is 36.5 Å². The molecule has 45 heavy (non-hydrogen) atoms. The third-order valence-corrected chi connectivity index (χ3v) is 9.62. The summed E-state index contributed by atoms with van der Waals surface area (Å²) in [7, 11) is -4.39. The van der Waals surface area contributed by atoms with Crippen LogP contribution in [0, 0.1) is 12.7 Å². The lowest BCUT2D eigenvalue weighted by atomic mass is 10.0. The second kappa shape index (κ2) is 15.8. The minimum atomic E-state index is -4.39. The summed E-state index contributed by atoms with van der Waals surface area (Å²) in [6.45, 7) is 3.57. The topological polar surface area (TPSA) is 86.8 Å². The summed E-state index contributed by atoms with van der Waals surface area (Å²) < 4.78 is 44.9. The summed E-state index contributed by atoms with van der Waals surface area (Å²) in [5, 5.41) is 2.96. The Morgan fingerprint density at radius 3 is 2.22 bits per heavy atom. The van der Waals surface area contributed by atoms with Crippen LogP contribution in [0.15, 0.2) is 112 Å². The molecule has 0 saturated heterocycles. The quantitative estimate of drug-likeness (QED) is 0.150. The highest BCUT2D eigenvalue weighted by Gasteiger charge is 2.35. The molecule has 1 N–H and O–H groups in total. The number of sulfonamides is 1. The fourth-order valence-corrected chi connectivity index (χ4v) is 6.77. The van der Waals surface area contributed by atoms with Crippen molar-refractivity contribution in [1.29, 1.82) is 0 Å². The molecular weight excluding hydrogens is 657 g/mol. The number of aryl methyl sites for hydroxylation is 1. The first kappa shape index (κ1) is 33.9. The molecule has 0 heterocycles. The molecule has 0 spiro atoms. The molecule has 2 amide bonds. The van der Waals surface area contributed by atoms with Gasteiger partial charge in [0.1, 0.15) is 18.4 Å². The molecule has 7 nitrogen and oxygen atoms in total. The van der Waals surface area contributed by atoms with Crippen LogP contribution in [0.4, 0.5) is 10.1 Å². The van der Waals surface area contributed by atoms with Crippen LogP contribution in [-0.4, -0.2) is 44.3 Å². The van der Waals surface area contributed by atoms with E-state index in [1.54, 1.807) is 12.1 Å². The van der Waals surface area contributed by atoms with Crippen LogP contribution in [0.5, 0.6) is 0 Å². The molecule has 4 aromatic carbocycles. The first-order valence-corrected chi connectivity index (χ1v) is 17.0. The van der Waals surface area contributed by atoms with Gasteiger partial charge in [0.2, 0.25) is 11.8 Å². The number of amides is 2. The van der Waals surface area contributed by atoms with Gasteiger partial charge in [0.25, 0.3) is 10.0 Å². The highest BCUT2D eigenvalue weighted by molar-refractivity contribution is 9.10. The van der Waals surface area contributed by atoms with E-state index in [0.29, 0.717) is 6.54 Å². The van der Waals surface area contributed by atoms with Gasteiger partial charge in [-0.05, 0) is 60.9 Å². The number of anilines is 1. The molecule has 0 radical (unpaired) electrons. The Balaban J connectivity index is 1.80. The van der Waals surface area contributed by atoms with Gasteiger partial charge in [-0.25, -0.2) is 12.8 Å². The molecule has 0 unspecified atom stereocenters. The SMILES string of the molecule is CCCCNC(=O)[C@@H](Cc1ccccc1)N(Cc1cccc(Br)c1)C(=O)CN(c1ccccc1F)S(=O)(=O)c1ccc(C)cc1. The zero-order valence-electron chi connectivity index (χ0n) is 25.3. The zero-order chi connectivity index (χ0) is 32.4. The first-order valence-electron chi connectivity index (χ1n) is 14.8. The van der Waals surface area contributed by atoms with Gasteiger partial charge in [-0.15, -0.1) is 0 Å². The molecule has 0 fully saturated rings. The molecule has 4 rings (SSSR count). The molecule has 4 aromatic rings. The largest absolute Gasteiger partial charge is 0.354 e. The van der Waals surface area contributed by atoms with Crippen molar-refractivity contribution in [2.45, 2.75) is 50.6 Å². The average molecular weight is 695 g/mol. The fraction of sp³-hybridized carbons (Fsp3) is 0.257. The number of rotatable bonds is 14. The van der Waals surface area contributed by atoms with E-state index in [1.807, 2.05) is 68.4 Å². The maximum atomic E-state index is 15.2. The van der Waals surface area contributed by atoms with Crippen LogP contribution in [0.25, 0.3) is 0 Å². The predicted molar refractivity (Wildman–Crippen MR) is 179 cm³/mol. The molecule has 0 bridgehead atoms. The van der Waals surface area contributed by atoms with E-state index < -0.39 is 34.3 Å². The molecular formula is C35H37BrFN3O4S. The summed E-state index contributed by atoms with van der Waals surface area (Å²) in [5.41, 5.74) is 2.15. The van der Waals surface area contributed by atoms with Crippen LogP contribution in [0.3, 0.4) is 0 Å². The van der Waals surface area contributed by atoms with Crippen molar-refractivity contribution in [2.75, 3.05) is 17.4 Å². The van der Waals surface area contributed by atoms with Crippen molar-refractivity contribution in [3.63, 3.8) is 0 Å². The molecule has 10 heteroatoms. The van der Waals surface area contributed by atoms with E-state index in [4.69, 9.17) is 0 Å². The highest BCUT2D eigenvalue weighted by atomic mass is 79.9. The van der Waals surface area contributed by atoms with E-state index in [2.05, 4.69) is 21.2 Å². The molecule has 0 aliphatic heterocycles. The number of unbranched alkanes of at least 4 members (excludes halogenated alkanes) is 1. The Morgan fingerprint density at radius 1 is 0.889 bits per heavy atom. The third kappa shape index (κ3) is 9.02. The Labute approximate surface area is 273 Å². The normalized spacial score (nSPS) is 11.9. The van der Waals surface area contributed by atoms with Gasteiger partial charge >= 0.3 is 0 Å². The lowest BCUT2D eigenvalue weighted by Gasteiger charge is -2.34. The lowest BCUT2D eigenvalue weighted by Crippen LogP contribution is -2.53. The van der Waals surface area contributed by atoms with E-state index in [9.17, 15) is 18.0 Å². The van der Waals surface area contributed by atoms with Crippen LogP contribution < -0.4 is 9.62 Å². The van der Waals surface area contributed by atoms with Gasteiger partial charge in [0, 0.05) is 24.0 Å². The molecule has 1 atom stereocenters. The van der Waals surface area contributed by atoms with Gasteiger partial charge in [0.15, 0.2) is 0 Å². The molecule has 0 aliphatic rings. The van der Waals surface area contributed by atoms with Gasteiger partial charge in [-0.1, -0.05) is 102 Å². The monoisotopic (exact) mass is 693 g/mol. The summed E-state index contributed by atoms with van der Waals surface area (Å²) in [6.07, 6.45) is 1.83. The zero-order valence-corrected chi connectivity index (χ0v) is 27.7. The number of nitrogens with one attached hydrogen (secondary N) is 1. The second-order valence-corrected chi connectivity index (χ2v) is 13.6. The Hall–Kier alpha value is -4.02. The van der Waals surface area contributed by atoms with Gasteiger partial charge in [0.05, 0.1) is 10.6 Å². The van der Waals surface area contributed by atoms with Crippen LogP contribution in [-0.2, 0) is 32.6 Å². The maximum Gasteiger partial charge on any atom is 0.264 e. The Bertz CT molecular complexity index is 1700. The highest BCUT2D eigenvalue weighted by Crippen LogP contribution is 2.27. The maximum absolute atomic E-state index is 15.2. The molecule has 0 saturated carbocycles. The van der Waals surface area contributed by atoms with Crippen molar-refractivity contribution < 1.29 is 22.4 Å². The predicted octanol–water partition coefficient (Wildman–Crippen LogP) is 6.65. The molecule has 0 aromatic heterocycles. The van der Waals surface area contributed by atoms with E-state index in [-0.39, 0.29) is 29.5 Å². The number of para-hydroxylation sites is 1. The standard InChI is InChI=1S/C35H37BrFN3O4S/c1-3-4-21-38-35(42)33(23-27-11-6-5-7-12-27)39(24-28-13-10-14-29(36)22-28)34(41)25-40(32-16-9-8-15-31(32)37)45(43,44)30-19-17-26(2)18-20-30/h5-20,22,33H,3-4,21,23-25H2,1-2H3,(H,38,42)/t33-/m1/s1. The number of hydrogen-bond donors (Lipinski definition) is 1. The first-order chi connectivity index (χ1) is 21.6. The van der Waals surface area contributed by atoms with Crippen LogP contribution >= 0.6 is 15.9 Å². The minimum absolute atomic E-state index is 0.0205. The third-order valence-electron chi connectivity index (χ3n) is 7.35. The Morgan fingerprint density at radius 2 is 1.56 bits per heavy atom. The summed E-state index contributed by atoms with van der Waals surface area (Å²) >= 11 is 3.47. The summed E-state index contributed by atoms with van der Waals surface area (Å²) in [4.78, 5) is 29.5. The van der Waals surface area contributed by atoms with Crippen molar-refractivity contribution in [3.05, 3.63) is 130 Å². The summed E-state index contributed by atoms with van der Waals surface area (Å²) in [5.74, 6) is -1.80.